The zero-order valence-electron chi connectivity index (χ0n) is 13.4. The van der Waals surface area contributed by atoms with Gasteiger partial charge in [-0.15, -0.1) is 0 Å². The van der Waals surface area contributed by atoms with Crippen molar-refractivity contribution in [1.82, 2.24) is 15.0 Å². The second-order valence-electron chi connectivity index (χ2n) is 5.64. The maximum absolute atomic E-state index is 13.1. The number of rotatable bonds is 4. The van der Waals surface area contributed by atoms with Crippen LogP contribution in [-0.4, -0.2) is 20.7 Å². The molecular weight excluding hydrogens is 310 g/mol. The van der Waals surface area contributed by atoms with Crippen molar-refractivity contribution in [1.29, 1.82) is 0 Å². The minimum absolute atomic E-state index is 0.0801. The van der Waals surface area contributed by atoms with Crippen molar-refractivity contribution >= 4 is 28.5 Å². The van der Waals surface area contributed by atoms with Crippen molar-refractivity contribution in [3.63, 3.8) is 0 Å². The Balaban J connectivity index is 1.86. The quantitative estimate of drug-likeness (QED) is 0.447. The van der Waals surface area contributed by atoms with Gasteiger partial charge in [0.1, 0.15) is 5.82 Å². The molecule has 0 unspecified atom stereocenters. The van der Waals surface area contributed by atoms with Gasteiger partial charge in [-0.3, -0.25) is 9.78 Å². The van der Waals surface area contributed by atoms with Crippen molar-refractivity contribution in [2.75, 3.05) is 0 Å². The summed E-state index contributed by atoms with van der Waals surface area (Å²) in [6.07, 6.45) is 5.25. The summed E-state index contributed by atoms with van der Waals surface area (Å²) in [6.45, 7) is 0. The van der Waals surface area contributed by atoms with E-state index in [2.05, 4.69) is 15.0 Å². The Morgan fingerprint density at radius 1 is 0.920 bits per heavy atom. The number of Topliss-reactive ketones (excluding diaryl/α,β-unsaturated/α-hetero) is 1. The van der Waals surface area contributed by atoms with E-state index in [4.69, 9.17) is 0 Å². The van der Waals surface area contributed by atoms with Gasteiger partial charge in [-0.05, 0) is 29.8 Å². The number of carbonyl (C=O) groups is 1. The molecule has 1 N–H and O–H groups in total. The lowest BCUT2D eigenvalue weighted by Crippen LogP contribution is -2.04. The number of fused-ring (bicyclic) bond motifs is 1. The lowest BCUT2D eigenvalue weighted by Gasteiger charge is -2.05. The molecule has 0 aliphatic heterocycles. The molecule has 0 fully saturated rings. The largest absolute Gasteiger partial charge is 0.338 e. The summed E-state index contributed by atoms with van der Waals surface area (Å²) in [7, 11) is 0. The van der Waals surface area contributed by atoms with Crippen LogP contribution in [0.15, 0.2) is 79.1 Å². The van der Waals surface area contributed by atoms with Crippen LogP contribution in [-0.2, 0) is 0 Å². The Labute approximate surface area is 144 Å². The minimum Gasteiger partial charge on any atom is -0.338 e. The fourth-order valence-corrected chi connectivity index (χ4v) is 2.69. The highest BCUT2D eigenvalue weighted by molar-refractivity contribution is 6.31. The van der Waals surface area contributed by atoms with Crippen LogP contribution in [0.4, 0.5) is 0 Å². The number of nitrogens with one attached hydrogen (secondary N) is 1. The number of carbonyl (C=O) groups excluding carboxylic acids is 1. The number of nitrogens with zero attached hydrogens (tertiary/aromatic N) is 2. The molecule has 0 radical (unpaired) electrons. The van der Waals surface area contributed by atoms with Crippen molar-refractivity contribution < 1.29 is 4.79 Å². The molecule has 4 aromatic rings. The summed E-state index contributed by atoms with van der Waals surface area (Å²) in [6, 6.07) is 20.7. The third-order valence-corrected chi connectivity index (χ3v) is 3.92. The van der Waals surface area contributed by atoms with Crippen LogP contribution in [0, 0.1) is 0 Å². The number of hydrogen-bond acceptors (Lipinski definition) is 3. The van der Waals surface area contributed by atoms with Gasteiger partial charge in [-0.25, -0.2) is 4.98 Å². The van der Waals surface area contributed by atoms with Gasteiger partial charge in [0.15, 0.2) is 5.78 Å². The molecular formula is C21H15N3O. The highest BCUT2D eigenvalue weighted by Crippen LogP contribution is 2.23. The molecule has 4 nitrogen and oxygen atoms in total. The summed E-state index contributed by atoms with van der Waals surface area (Å²) in [5, 5.41) is 0. The first-order valence-electron chi connectivity index (χ1n) is 7.98. The van der Waals surface area contributed by atoms with Crippen molar-refractivity contribution in [2.24, 2.45) is 0 Å². The molecule has 0 aliphatic rings. The van der Waals surface area contributed by atoms with Gasteiger partial charge in [0, 0.05) is 18.0 Å². The number of para-hydroxylation sites is 2. The summed E-state index contributed by atoms with van der Waals surface area (Å²) < 4.78 is 0. The zero-order chi connectivity index (χ0) is 17.1. The third kappa shape index (κ3) is 3.10. The van der Waals surface area contributed by atoms with E-state index in [1.165, 1.54) is 0 Å². The Morgan fingerprint density at radius 3 is 2.48 bits per heavy atom. The van der Waals surface area contributed by atoms with Crippen LogP contribution in [0.5, 0.6) is 0 Å². The monoisotopic (exact) mass is 325 g/mol. The van der Waals surface area contributed by atoms with Crippen LogP contribution >= 0.6 is 0 Å². The van der Waals surface area contributed by atoms with Crippen molar-refractivity contribution in [2.45, 2.75) is 0 Å². The number of imidazole rings is 1. The maximum Gasteiger partial charge on any atom is 0.196 e. The molecule has 0 aliphatic carbocycles. The molecule has 4 rings (SSSR count). The van der Waals surface area contributed by atoms with E-state index < -0.39 is 0 Å². The van der Waals surface area contributed by atoms with Crippen LogP contribution < -0.4 is 0 Å². The lowest BCUT2D eigenvalue weighted by atomic mass is 10.0. The summed E-state index contributed by atoms with van der Waals surface area (Å²) in [5.41, 5.74) is 3.71. The maximum atomic E-state index is 13.1. The standard InChI is InChI=1S/C21H15N3O/c25-20(16-8-2-1-3-9-16)17(13-15-7-6-12-22-14-15)21-23-18-10-4-5-11-19(18)24-21/h1-14H,(H,23,24). The number of aromatic nitrogens is 3. The first-order valence-corrected chi connectivity index (χ1v) is 7.98. The zero-order valence-corrected chi connectivity index (χ0v) is 13.4. The average Bonchev–Trinajstić information content (AvgIpc) is 3.11. The summed E-state index contributed by atoms with van der Waals surface area (Å²) in [4.78, 5) is 25.0. The van der Waals surface area contributed by atoms with Gasteiger partial charge in [-0.1, -0.05) is 48.5 Å². The second kappa shape index (κ2) is 6.53. The van der Waals surface area contributed by atoms with Gasteiger partial charge in [0.05, 0.1) is 16.6 Å². The van der Waals surface area contributed by atoms with Gasteiger partial charge < -0.3 is 4.98 Å². The second-order valence-corrected chi connectivity index (χ2v) is 5.64. The predicted octanol–water partition coefficient (Wildman–Crippen LogP) is 4.38. The fourth-order valence-electron chi connectivity index (χ4n) is 2.69. The molecule has 0 bridgehead atoms. The number of allylic oxidation sites excluding steroid dienone is 1. The van der Waals surface area contributed by atoms with Gasteiger partial charge in [-0.2, -0.15) is 0 Å². The number of benzene rings is 2. The number of aromatic amines is 1. The Kier molecular flexibility index (Phi) is 3.92. The van der Waals surface area contributed by atoms with Crippen LogP contribution in [0.2, 0.25) is 0 Å². The predicted molar refractivity (Wildman–Crippen MR) is 99.0 cm³/mol. The highest BCUT2D eigenvalue weighted by atomic mass is 16.1. The first-order chi connectivity index (χ1) is 12.3. The van der Waals surface area contributed by atoms with E-state index in [1.807, 2.05) is 72.8 Å². The van der Waals surface area contributed by atoms with E-state index in [1.54, 1.807) is 12.4 Å². The van der Waals surface area contributed by atoms with Gasteiger partial charge in [0.2, 0.25) is 0 Å². The van der Waals surface area contributed by atoms with E-state index in [0.29, 0.717) is 17.0 Å². The van der Waals surface area contributed by atoms with E-state index in [-0.39, 0.29) is 5.78 Å². The van der Waals surface area contributed by atoms with Crippen LogP contribution in [0.1, 0.15) is 21.7 Å². The molecule has 4 heteroatoms. The van der Waals surface area contributed by atoms with Crippen molar-refractivity contribution in [3.05, 3.63) is 96.1 Å². The van der Waals surface area contributed by atoms with Crippen LogP contribution in [0.25, 0.3) is 22.7 Å². The van der Waals surface area contributed by atoms with Gasteiger partial charge >= 0.3 is 0 Å². The molecule has 2 aromatic heterocycles. The third-order valence-electron chi connectivity index (χ3n) is 3.92. The fraction of sp³-hybridized carbons (Fsp3) is 0. The van der Waals surface area contributed by atoms with Gasteiger partial charge in [0.25, 0.3) is 0 Å². The van der Waals surface area contributed by atoms with Crippen molar-refractivity contribution in [3.8, 4) is 0 Å². The Hall–Kier alpha value is -3.53. The molecule has 0 saturated heterocycles. The normalized spacial score (nSPS) is 11.6. The van der Waals surface area contributed by atoms with Crippen LogP contribution in [0.3, 0.4) is 0 Å². The molecule has 120 valence electrons. The summed E-state index contributed by atoms with van der Waals surface area (Å²) >= 11 is 0. The summed E-state index contributed by atoms with van der Waals surface area (Å²) in [5.74, 6) is 0.474. The Morgan fingerprint density at radius 2 is 1.72 bits per heavy atom. The number of H-pyrrole nitrogens is 1. The van der Waals surface area contributed by atoms with E-state index >= 15 is 0 Å². The molecule has 0 spiro atoms. The van der Waals surface area contributed by atoms with E-state index in [9.17, 15) is 4.79 Å². The molecule has 0 atom stereocenters. The first kappa shape index (κ1) is 15.0. The molecule has 0 saturated carbocycles. The Bertz CT molecular complexity index is 1020. The topological polar surface area (TPSA) is 58.6 Å². The lowest BCUT2D eigenvalue weighted by molar-refractivity contribution is 0.105. The molecule has 2 heterocycles. The molecule has 25 heavy (non-hydrogen) atoms. The average molecular weight is 325 g/mol. The minimum atomic E-state index is -0.0801. The number of hydrogen-bond donors (Lipinski definition) is 1. The highest BCUT2D eigenvalue weighted by Gasteiger charge is 2.18. The number of pyridine rings is 1. The molecule has 2 aromatic carbocycles. The van der Waals surface area contributed by atoms with E-state index in [0.717, 1.165) is 16.6 Å². The number of ketones is 1. The molecule has 0 amide bonds. The SMILES string of the molecule is O=C(C(=Cc1cccnc1)c1nc2ccccc2[nH]1)c1ccccc1. The smallest absolute Gasteiger partial charge is 0.196 e.